The van der Waals surface area contributed by atoms with Crippen molar-refractivity contribution in [1.29, 1.82) is 0 Å². The average Bonchev–Trinajstić information content (AvgIpc) is 2.67. The molecule has 2 aromatic heterocycles. The van der Waals surface area contributed by atoms with Gasteiger partial charge in [-0.15, -0.1) is 0 Å². The topological polar surface area (TPSA) is 91.8 Å². The Kier molecular flexibility index (Phi) is 2.63. The van der Waals surface area contributed by atoms with Crippen molar-refractivity contribution in [3.8, 4) is 11.4 Å². The van der Waals surface area contributed by atoms with Gasteiger partial charge < -0.3 is 10.1 Å². The molecule has 0 saturated carbocycles. The van der Waals surface area contributed by atoms with Crippen LogP contribution in [0.1, 0.15) is 11.6 Å². The van der Waals surface area contributed by atoms with Crippen molar-refractivity contribution < 1.29 is 9.90 Å². The summed E-state index contributed by atoms with van der Waals surface area (Å²) in [5.74, 6) is 0.328. The second kappa shape index (κ2) is 4.09. The molecule has 0 fully saturated rings. The number of carbonyl (C=O) groups is 1. The third-order valence-electron chi connectivity index (χ3n) is 1.96. The summed E-state index contributed by atoms with van der Waals surface area (Å²) in [6.07, 6.45) is 3.31. The summed E-state index contributed by atoms with van der Waals surface area (Å²) in [6.45, 7) is 1.71. The monoisotopic (exact) mass is 218 g/mol. The predicted octanol–water partition coefficient (Wildman–Crippen LogP) is 0.802. The lowest BCUT2D eigenvalue weighted by atomic mass is 10.3. The number of hydrogen-bond donors (Lipinski definition) is 2. The van der Waals surface area contributed by atoms with E-state index < -0.39 is 5.97 Å². The quantitative estimate of drug-likeness (QED) is 0.795. The fourth-order valence-electron chi connectivity index (χ4n) is 1.34. The van der Waals surface area contributed by atoms with Crippen LogP contribution in [0.5, 0.6) is 0 Å². The molecule has 0 spiro atoms. The van der Waals surface area contributed by atoms with Crippen LogP contribution in [0.15, 0.2) is 18.5 Å². The standard InChI is InChI=1S/C10H10N4O2/c1-6-12-8(4-9(15)16)14-10(13-6)7-2-3-11-5-7/h2-3,5,11H,4H2,1H3,(H,15,16). The summed E-state index contributed by atoms with van der Waals surface area (Å²) in [4.78, 5) is 25.7. The first-order valence-corrected chi connectivity index (χ1v) is 4.71. The van der Waals surface area contributed by atoms with Crippen LogP contribution in [0.25, 0.3) is 11.4 Å². The van der Waals surface area contributed by atoms with Gasteiger partial charge in [0.05, 0.1) is 0 Å². The molecule has 0 bridgehead atoms. The molecule has 82 valence electrons. The van der Waals surface area contributed by atoms with E-state index in [1.165, 1.54) is 0 Å². The maximum Gasteiger partial charge on any atom is 0.311 e. The third kappa shape index (κ3) is 2.22. The minimum Gasteiger partial charge on any atom is -0.481 e. The molecule has 6 nitrogen and oxygen atoms in total. The van der Waals surface area contributed by atoms with Crippen molar-refractivity contribution in [2.75, 3.05) is 0 Å². The number of aliphatic carboxylic acids is 1. The van der Waals surface area contributed by atoms with Crippen LogP contribution >= 0.6 is 0 Å². The molecule has 0 atom stereocenters. The molecule has 0 radical (unpaired) electrons. The van der Waals surface area contributed by atoms with Gasteiger partial charge in [-0.2, -0.15) is 0 Å². The first-order valence-electron chi connectivity index (χ1n) is 4.71. The number of aromatic amines is 1. The van der Waals surface area contributed by atoms with Gasteiger partial charge in [0.2, 0.25) is 0 Å². The van der Waals surface area contributed by atoms with E-state index in [1.54, 1.807) is 19.3 Å². The van der Waals surface area contributed by atoms with Gasteiger partial charge in [-0.05, 0) is 13.0 Å². The predicted molar refractivity (Wildman–Crippen MR) is 55.7 cm³/mol. The van der Waals surface area contributed by atoms with E-state index in [0.717, 1.165) is 5.56 Å². The average molecular weight is 218 g/mol. The molecular formula is C10H10N4O2. The lowest BCUT2D eigenvalue weighted by molar-refractivity contribution is -0.136. The Hall–Kier alpha value is -2.24. The zero-order valence-electron chi connectivity index (χ0n) is 8.64. The second-order valence-electron chi connectivity index (χ2n) is 3.29. The van der Waals surface area contributed by atoms with Gasteiger partial charge in [0.15, 0.2) is 5.82 Å². The molecule has 6 heteroatoms. The van der Waals surface area contributed by atoms with Crippen molar-refractivity contribution in [3.63, 3.8) is 0 Å². The molecule has 0 aliphatic heterocycles. The van der Waals surface area contributed by atoms with Crippen LogP contribution in [-0.2, 0) is 11.2 Å². The SMILES string of the molecule is Cc1nc(CC(=O)O)nc(-c2cc[nH]c2)n1. The minimum atomic E-state index is -0.953. The van der Waals surface area contributed by atoms with Crippen molar-refractivity contribution in [2.24, 2.45) is 0 Å². The molecule has 0 unspecified atom stereocenters. The van der Waals surface area contributed by atoms with E-state index in [2.05, 4.69) is 19.9 Å². The summed E-state index contributed by atoms with van der Waals surface area (Å²) in [5.41, 5.74) is 0.817. The highest BCUT2D eigenvalue weighted by Crippen LogP contribution is 2.13. The number of nitrogens with one attached hydrogen (secondary N) is 1. The van der Waals surface area contributed by atoms with Crippen molar-refractivity contribution in [3.05, 3.63) is 30.1 Å². The van der Waals surface area contributed by atoms with Crippen molar-refractivity contribution >= 4 is 5.97 Å². The smallest absolute Gasteiger partial charge is 0.311 e. The fourth-order valence-corrected chi connectivity index (χ4v) is 1.34. The Labute approximate surface area is 91.4 Å². The summed E-state index contributed by atoms with van der Waals surface area (Å²) in [7, 11) is 0. The number of nitrogens with zero attached hydrogens (tertiary/aromatic N) is 3. The summed E-state index contributed by atoms with van der Waals surface area (Å²) in [5, 5.41) is 8.67. The largest absolute Gasteiger partial charge is 0.481 e. The first kappa shape index (κ1) is 10.3. The van der Waals surface area contributed by atoms with Gasteiger partial charge in [0.25, 0.3) is 0 Å². The molecule has 2 rings (SSSR count). The van der Waals surface area contributed by atoms with Crippen molar-refractivity contribution in [2.45, 2.75) is 13.3 Å². The highest BCUT2D eigenvalue weighted by Gasteiger charge is 2.09. The Morgan fingerprint density at radius 1 is 1.44 bits per heavy atom. The van der Waals surface area contributed by atoms with Gasteiger partial charge in [-0.25, -0.2) is 15.0 Å². The Morgan fingerprint density at radius 2 is 2.25 bits per heavy atom. The highest BCUT2D eigenvalue weighted by molar-refractivity contribution is 5.69. The van der Waals surface area contributed by atoms with Crippen LogP contribution in [0.3, 0.4) is 0 Å². The van der Waals surface area contributed by atoms with E-state index in [0.29, 0.717) is 11.6 Å². The molecule has 2 N–H and O–H groups in total. The number of carboxylic acid groups (broad SMARTS) is 1. The number of carboxylic acids is 1. The van der Waals surface area contributed by atoms with E-state index in [1.807, 2.05) is 6.07 Å². The van der Waals surface area contributed by atoms with Crippen molar-refractivity contribution in [1.82, 2.24) is 19.9 Å². The number of hydrogen-bond acceptors (Lipinski definition) is 4. The molecule has 0 amide bonds. The molecule has 0 aliphatic rings. The van der Waals surface area contributed by atoms with E-state index in [9.17, 15) is 4.79 Å². The molecule has 16 heavy (non-hydrogen) atoms. The first-order chi connectivity index (χ1) is 7.65. The van der Waals surface area contributed by atoms with Gasteiger partial charge >= 0.3 is 5.97 Å². The molecular weight excluding hydrogens is 208 g/mol. The fraction of sp³-hybridized carbons (Fsp3) is 0.200. The van der Waals surface area contributed by atoms with E-state index in [-0.39, 0.29) is 12.2 Å². The number of aromatic nitrogens is 4. The Bertz CT molecular complexity index is 508. The van der Waals surface area contributed by atoms with E-state index in [4.69, 9.17) is 5.11 Å². The Balaban J connectivity index is 2.40. The van der Waals surface area contributed by atoms with Crippen LogP contribution in [0.2, 0.25) is 0 Å². The maximum absolute atomic E-state index is 10.6. The molecule has 2 heterocycles. The molecule has 0 aliphatic carbocycles. The van der Waals surface area contributed by atoms with Gasteiger partial charge in [0.1, 0.15) is 18.1 Å². The summed E-state index contributed by atoms with van der Waals surface area (Å²) < 4.78 is 0. The van der Waals surface area contributed by atoms with Crippen LogP contribution < -0.4 is 0 Å². The van der Waals surface area contributed by atoms with Crippen LogP contribution in [0.4, 0.5) is 0 Å². The van der Waals surface area contributed by atoms with Gasteiger partial charge in [0, 0.05) is 18.0 Å². The minimum absolute atomic E-state index is 0.194. The van der Waals surface area contributed by atoms with E-state index >= 15 is 0 Å². The molecule has 0 aromatic carbocycles. The zero-order chi connectivity index (χ0) is 11.5. The number of H-pyrrole nitrogens is 1. The lowest BCUT2D eigenvalue weighted by Crippen LogP contribution is -2.08. The number of aryl methyl sites for hydroxylation is 1. The third-order valence-corrected chi connectivity index (χ3v) is 1.96. The zero-order valence-corrected chi connectivity index (χ0v) is 8.64. The second-order valence-corrected chi connectivity index (χ2v) is 3.29. The number of rotatable bonds is 3. The van der Waals surface area contributed by atoms with Gasteiger partial charge in [-0.1, -0.05) is 0 Å². The molecule has 0 saturated heterocycles. The normalized spacial score (nSPS) is 10.3. The van der Waals surface area contributed by atoms with Crippen LogP contribution in [-0.4, -0.2) is 31.0 Å². The Morgan fingerprint density at radius 3 is 2.88 bits per heavy atom. The highest BCUT2D eigenvalue weighted by atomic mass is 16.4. The summed E-state index contributed by atoms with van der Waals surface area (Å²) >= 11 is 0. The van der Waals surface area contributed by atoms with Crippen LogP contribution in [0, 0.1) is 6.92 Å². The lowest BCUT2D eigenvalue weighted by Gasteiger charge is -2.01. The molecule has 2 aromatic rings. The van der Waals surface area contributed by atoms with Gasteiger partial charge in [-0.3, -0.25) is 4.79 Å². The summed E-state index contributed by atoms with van der Waals surface area (Å²) in [6, 6.07) is 1.82. The maximum atomic E-state index is 10.6.